The lowest BCUT2D eigenvalue weighted by molar-refractivity contribution is -0.141. The van der Waals surface area contributed by atoms with E-state index in [1.165, 1.54) is 82.6 Å². The summed E-state index contributed by atoms with van der Waals surface area (Å²) in [5.41, 5.74) is 1.34. The molecule has 0 spiro atoms. The van der Waals surface area contributed by atoms with Crippen LogP contribution in [0.3, 0.4) is 0 Å². The number of hydrogen-bond acceptors (Lipinski definition) is 2. The quantitative estimate of drug-likeness (QED) is 0.208. The number of benzene rings is 1. The highest BCUT2D eigenvalue weighted by atomic mass is 16.5. The summed E-state index contributed by atoms with van der Waals surface area (Å²) >= 11 is 0. The van der Waals surface area contributed by atoms with Crippen molar-refractivity contribution in [2.45, 2.75) is 110 Å². The molecule has 168 valence electrons. The molecule has 0 aliphatic heterocycles. The van der Waals surface area contributed by atoms with Gasteiger partial charge in [0.2, 0.25) is 0 Å². The fourth-order valence-corrected chi connectivity index (χ4v) is 5.83. The Labute approximate surface area is 185 Å². The van der Waals surface area contributed by atoms with Crippen molar-refractivity contribution in [1.82, 2.24) is 0 Å². The number of hydrogen-bond donors (Lipinski definition) is 0. The van der Waals surface area contributed by atoms with Gasteiger partial charge in [-0.2, -0.15) is 0 Å². The average Bonchev–Trinajstić information content (AvgIpc) is 2.77. The Bertz CT molecular complexity index is 620. The molecule has 2 aliphatic carbocycles. The number of esters is 1. The van der Waals surface area contributed by atoms with Gasteiger partial charge in [-0.25, -0.2) is 0 Å². The number of carbonyl (C=O) groups excluding carboxylic acids is 1. The maximum Gasteiger partial charge on any atom is 0.314 e. The van der Waals surface area contributed by atoms with Crippen LogP contribution in [0.4, 0.5) is 0 Å². The van der Waals surface area contributed by atoms with Crippen LogP contribution in [0, 0.1) is 23.7 Å². The number of carbonyl (C=O) groups is 1. The molecule has 2 aliphatic rings. The fourth-order valence-electron chi connectivity index (χ4n) is 5.83. The molecular formula is C28H44O2. The molecular weight excluding hydrogens is 368 g/mol. The maximum absolute atomic E-state index is 12.8. The summed E-state index contributed by atoms with van der Waals surface area (Å²) < 4.78 is 5.77. The lowest BCUT2D eigenvalue weighted by Crippen LogP contribution is -2.35. The molecule has 0 N–H and O–H groups in total. The molecule has 0 aromatic heterocycles. The molecule has 0 heterocycles. The summed E-state index contributed by atoms with van der Waals surface area (Å²) in [6.45, 7) is 4.52. The van der Waals surface area contributed by atoms with Gasteiger partial charge in [-0.3, -0.25) is 4.79 Å². The maximum atomic E-state index is 12.8. The van der Waals surface area contributed by atoms with Crippen LogP contribution >= 0.6 is 0 Å². The zero-order chi connectivity index (χ0) is 21.2. The lowest BCUT2D eigenvalue weighted by Gasteiger charge is -2.41. The molecule has 2 nitrogen and oxygen atoms in total. The monoisotopic (exact) mass is 412 g/mol. The van der Waals surface area contributed by atoms with Crippen LogP contribution in [0.2, 0.25) is 0 Å². The van der Waals surface area contributed by atoms with Crippen molar-refractivity contribution < 1.29 is 9.53 Å². The largest absolute Gasteiger partial charge is 0.426 e. The summed E-state index contributed by atoms with van der Waals surface area (Å²) in [5, 5.41) is 0. The van der Waals surface area contributed by atoms with Gasteiger partial charge in [0, 0.05) is 0 Å². The smallest absolute Gasteiger partial charge is 0.314 e. The zero-order valence-corrected chi connectivity index (χ0v) is 19.5. The summed E-state index contributed by atoms with van der Waals surface area (Å²) in [6, 6.07) is 8.21. The zero-order valence-electron chi connectivity index (χ0n) is 19.5. The highest BCUT2D eigenvalue weighted by Gasteiger charge is 2.38. The highest BCUT2D eigenvalue weighted by molar-refractivity contribution is 5.75. The lowest BCUT2D eigenvalue weighted by atomic mass is 9.64. The van der Waals surface area contributed by atoms with Crippen molar-refractivity contribution in [3.63, 3.8) is 0 Å². The minimum Gasteiger partial charge on any atom is -0.426 e. The second-order valence-electron chi connectivity index (χ2n) is 10.1. The number of rotatable bonds is 11. The van der Waals surface area contributed by atoms with Gasteiger partial charge in [-0.15, -0.1) is 0 Å². The number of fused-ring (bicyclic) bond motifs is 1. The Morgan fingerprint density at radius 1 is 0.833 bits per heavy atom. The minimum absolute atomic E-state index is 0.00821. The van der Waals surface area contributed by atoms with Gasteiger partial charge in [-0.05, 0) is 80.4 Å². The molecule has 1 aromatic rings. The average molecular weight is 413 g/mol. The van der Waals surface area contributed by atoms with Crippen LogP contribution < -0.4 is 4.74 Å². The molecule has 4 unspecified atom stereocenters. The van der Waals surface area contributed by atoms with Gasteiger partial charge in [-0.1, -0.05) is 77.3 Å². The molecule has 0 radical (unpaired) electrons. The predicted octanol–water partition coefficient (Wildman–Crippen LogP) is 8.13. The van der Waals surface area contributed by atoms with E-state index in [0.29, 0.717) is 0 Å². The fraction of sp³-hybridized carbons (Fsp3) is 0.750. The Kier molecular flexibility index (Phi) is 9.75. The third-order valence-corrected chi connectivity index (χ3v) is 7.73. The van der Waals surface area contributed by atoms with Crippen LogP contribution in [0.5, 0.6) is 5.75 Å². The third-order valence-electron chi connectivity index (χ3n) is 7.73. The predicted molar refractivity (Wildman–Crippen MR) is 126 cm³/mol. The first-order valence-electron chi connectivity index (χ1n) is 13.0. The number of unbranched alkanes of at least 4 members (excludes halogenated alkanes) is 5. The van der Waals surface area contributed by atoms with Crippen molar-refractivity contribution in [3.05, 3.63) is 29.8 Å². The number of ether oxygens (including phenoxy) is 1. The van der Waals surface area contributed by atoms with Crippen molar-refractivity contribution in [3.8, 4) is 5.75 Å². The Morgan fingerprint density at radius 2 is 1.53 bits per heavy atom. The molecule has 4 atom stereocenters. The van der Waals surface area contributed by atoms with E-state index in [2.05, 4.69) is 26.0 Å². The van der Waals surface area contributed by atoms with Gasteiger partial charge >= 0.3 is 5.97 Å². The summed E-state index contributed by atoms with van der Waals surface area (Å²) in [4.78, 5) is 12.8. The van der Waals surface area contributed by atoms with E-state index >= 15 is 0 Å². The topological polar surface area (TPSA) is 26.3 Å². The van der Waals surface area contributed by atoms with Gasteiger partial charge in [0.1, 0.15) is 5.75 Å². The molecule has 30 heavy (non-hydrogen) atoms. The molecule has 2 fully saturated rings. The number of aryl methyl sites for hydroxylation is 1. The molecule has 0 bridgehead atoms. The minimum atomic E-state index is 0.00821. The van der Waals surface area contributed by atoms with Gasteiger partial charge < -0.3 is 4.74 Å². The Morgan fingerprint density at radius 3 is 2.30 bits per heavy atom. The van der Waals surface area contributed by atoms with Crippen molar-refractivity contribution in [2.75, 3.05) is 0 Å². The second kappa shape index (κ2) is 12.5. The van der Waals surface area contributed by atoms with Crippen molar-refractivity contribution >= 4 is 5.97 Å². The molecule has 1 aromatic carbocycles. The van der Waals surface area contributed by atoms with E-state index in [1.807, 2.05) is 12.1 Å². The molecule has 0 saturated heterocycles. The summed E-state index contributed by atoms with van der Waals surface area (Å²) in [7, 11) is 0. The highest BCUT2D eigenvalue weighted by Crippen LogP contribution is 2.46. The van der Waals surface area contributed by atoms with Crippen LogP contribution in [-0.2, 0) is 11.2 Å². The van der Waals surface area contributed by atoms with Crippen LogP contribution in [0.25, 0.3) is 0 Å². The second-order valence-corrected chi connectivity index (χ2v) is 10.1. The molecule has 2 saturated carbocycles. The van der Waals surface area contributed by atoms with Crippen LogP contribution in [0.15, 0.2) is 24.3 Å². The standard InChI is InChI=1S/C28H44O2/c1-3-5-7-9-11-23-12-15-25-21-26(17-16-24(25)20-23)28(29)30-27-18-13-22(14-19-27)10-8-6-4-2/h13-14,18-19,23-26H,3-12,15-17,20-21H2,1-2H3. The van der Waals surface area contributed by atoms with Crippen LogP contribution in [-0.4, -0.2) is 5.97 Å². The molecule has 2 heteroatoms. The third kappa shape index (κ3) is 7.13. The molecule has 3 rings (SSSR count). The SMILES string of the molecule is CCCCCCC1CCC2CC(C(=O)Oc3ccc(CCCCC)cc3)CCC2C1. The molecule has 0 amide bonds. The Balaban J connectivity index is 1.40. The summed E-state index contributed by atoms with van der Waals surface area (Å²) in [5.74, 6) is 3.40. The first kappa shape index (κ1) is 23.4. The van der Waals surface area contributed by atoms with E-state index in [-0.39, 0.29) is 11.9 Å². The van der Waals surface area contributed by atoms with E-state index < -0.39 is 0 Å². The van der Waals surface area contributed by atoms with Gasteiger partial charge in [0.15, 0.2) is 0 Å². The first-order valence-corrected chi connectivity index (χ1v) is 13.0. The van der Waals surface area contributed by atoms with Gasteiger partial charge in [0.25, 0.3) is 0 Å². The van der Waals surface area contributed by atoms with E-state index in [0.717, 1.165) is 42.8 Å². The normalized spacial score (nSPS) is 26.2. The summed E-state index contributed by atoms with van der Waals surface area (Å²) in [6.07, 6.45) is 19.3. The Hall–Kier alpha value is -1.31. The van der Waals surface area contributed by atoms with Gasteiger partial charge in [0.05, 0.1) is 5.92 Å². The van der Waals surface area contributed by atoms with Crippen molar-refractivity contribution in [1.29, 1.82) is 0 Å². The first-order chi connectivity index (χ1) is 14.7. The van der Waals surface area contributed by atoms with Crippen LogP contribution in [0.1, 0.15) is 109 Å². The van der Waals surface area contributed by atoms with E-state index in [9.17, 15) is 4.79 Å². The van der Waals surface area contributed by atoms with Crippen molar-refractivity contribution in [2.24, 2.45) is 23.7 Å². The van der Waals surface area contributed by atoms with E-state index in [1.54, 1.807) is 0 Å². The van der Waals surface area contributed by atoms with E-state index in [4.69, 9.17) is 4.74 Å².